The number of nitrogens with one attached hydrogen (secondary N) is 1. The van der Waals surface area contributed by atoms with Crippen LogP contribution in [0.4, 0.5) is 5.69 Å². The van der Waals surface area contributed by atoms with Gasteiger partial charge in [-0.2, -0.15) is 0 Å². The Morgan fingerprint density at radius 2 is 1.86 bits per heavy atom. The predicted molar refractivity (Wildman–Crippen MR) is 143 cm³/mol. The molecular weight excluding hydrogens is 488 g/mol. The van der Waals surface area contributed by atoms with Crippen LogP contribution in [0.5, 0.6) is 0 Å². The second-order valence-corrected chi connectivity index (χ2v) is 10.4. The molecular formula is C27H26N6O3S. The summed E-state index contributed by atoms with van der Waals surface area (Å²) in [5.41, 5.74) is 2.46. The lowest BCUT2D eigenvalue weighted by atomic mass is 9.95. The monoisotopic (exact) mass is 514 g/mol. The minimum atomic E-state index is -0.793. The summed E-state index contributed by atoms with van der Waals surface area (Å²) in [7, 11) is 0. The molecule has 0 spiro atoms. The topological polar surface area (TPSA) is 108 Å². The van der Waals surface area contributed by atoms with Crippen molar-refractivity contribution in [3.05, 3.63) is 76.3 Å². The molecule has 2 aromatic heterocycles. The number of amidine groups is 2. The lowest BCUT2D eigenvalue weighted by Gasteiger charge is -2.25. The number of thioether (sulfide) groups is 1. The van der Waals surface area contributed by atoms with Crippen LogP contribution in [-0.2, 0) is 15.3 Å². The van der Waals surface area contributed by atoms with E-state index in [2.05, 4.69) is 10.3 Å². The summed E-state index contributed by atoms with van der Waals surface area (Å²) in [6.07, 6.45) is 7.11. The van der Waals surface area contributed by atoms with E-state index in [9.17, 15) is 14.4 Å². The number of benzene rings is 1. The largest absolute Gasteiger partial charge is 0.353 e. The van der Waals surface area contributed by atoms with Crippen LogP contribution in [0.2, 0.25) is 0 Å². The van der Waals surface area contributed by atoms with Gasteiger partial charge in [-0.1, -0.05) is 49.2 Å². The van der Waals surface area contributed by atoms with Gasteiger partial charge in [-0.3, -0.25) is 23.8 Å². The first-order valence-electron chi connectivity index (χ1n) is 12.6. The molecule has 2 amide bonds. The Morgan fingerprint density at radius 1 is 1.05 bits per heavy atom. The zero-order valence-electron chi connectivity index (χ0n) is 20.2. The number of hydrogen-bond acceptors (Lipinski definition) is 7. The van der Waals surface area contributed by atoms with Crippen molar-refractivity contribution in [1.29, 1.82) is 0 Å². The van der Waals surface area contributed by atoms with Crippen molar-refractivity contribution in [1.82, 2.24) is 19.6 Å². The Bertz CT molecular complexity index is 1510. The van der Waals surface area contributed by atoms with E-state index in [1.807, 2.05) is 30.3 Å². The molecule has 1 saturated carbocycles. The Balaban J connectivity index is 1.23. The highest BCUT2D eigenvalue weighted by atomic mass is 32.2. The van der Waals surface area contributed by atoms with E-state index in [1.165, 1.54) is 33.5 Å². The molecule has 1 N–H and O–H groups in total. The second-order valence-electron chi connectivity index (χ2n) is 9.46. The number of pyridine rings is 1. The number of fused-ring (bicyclic) bond motifs is 4. The minimum absolute atomic E-state index is 0.0123. The molecule has 6 rings (SSSR count). The van der Waals surface area contributed by atoms with Gasteiger partial charge in [-0.15, -0.1) is 0 Å². The van der Waals surface area contributed by atoms with E-state index >= 15 is 0 Å². The summed E-state index contributed by atoms with van der Waals surface area (Å²) in [4.78, 5) is 54.3. The molecule has 0 unspecified atom stereocenters. The SMILES string of the molecule is O=C(C[C@H]1N=C2c3ccccc3N=C(SCc3cc(=O)n4ccccc4n3)N2C1=O)NC1CCCCC1. The van der Waals surface area contributed by atoms with Gasteiger partial charge in [0.15, 0.2) is 5.17 Å². The molecule has 4 heterocycles. The first kappa shape index (κ1) is 23.6. The van der Waals surface area contributed by atoms with Crippen molar-refractivity contribution in [2.45, 2.75) is 56.4 Å². The Hall–Kier alpha value is -3.79. The molecule has 10 heteroatoms. The number of hydrogen-bond donors (Lipinski definition) is 1. The molecule has 0 saturated heterocycles. The number of para-hydroxylation sites is 1. The molecule has 1 atom stereocenters. The smallest absolute Gasteiger partial charge is 0.259 e. The summed E-state index contributed by atoms with van der Waals surface area (Å²) < 4.78 is 1.49. The average Bonchev–Trinajstić information content (AvgIpc) is 3.24. The van der Waals surface area contributed by atoms with Gasteiger partial charge in [0.25, 0.3) is 11.5 Å². The lowest BCUT2D eigenvalue weighted by Crippen LogP contribution is -2.43. The average molecular weight is 515 g/mol. The van der Waals surface area contributed by atoms with Crippen LogP contribution in [0.15, 0.2) is 69.5 Å². The quantitative estimate of drug-likeness (QED) is 0.561. The third kappa shape index (κ3) is 4.69. The predicted octanol–water partition coefficient (Wildman–Crippen LogP) is 3.43. The zero-order valence-corrected chi connectivity index (χ0v) is 21.0. The molecule has 3 aliphatic rings. The van der Waals surface area contributed by atoms with E-state index < -0.39 is 6.04 Å². The van der Waals surface area contributed by atoms with Crippen LogP contribution in [0, 0.1) is 0 Å². The van der Waals surface area contributed by atoms with Crippen LogP contribution >= 0.6 is 11.8 Å². The molecule has 0 radical (unpaired) electrons. The second kappa shape index (κ2) is 9.93. The fourth-order valence-corrected chi connectivity index (χ4v) is 5.95. The van der Waals surface area contributed by atoms with E-state index in [-0.39, 0.29) is 29.8 Å². The Kier molecular flexibility index (Phi) is 6.33. The van der Waals surface area contributed by atoms with Gasteiger partial charge >= 0.3 is 0 Å². The fraction of sp³-hybridized carbons (Fsp3) is 0.333. The van der Waals surface area contributed by atoms with Crippen molar-refractivity contribution in [2.75, 3.05) is 0 Å². The molecule has 0 bridgehead atoms. The molecule has 1 aromatic carbocycles. The summed E-state index contributed by atoms with van der Waals surface area (Å²) in [6, 6.07) is 13.8. The van der Waals surface area contributed by atoms with Crippen molar-refractivity contribution in [3.8, 4) is 0 Å². The summed E-state index contributed by atoms with van der Waals surface area (Å²) in [5.74, 6) is 0.460. The van der Waals surface area contributed by atoms with E-state index in [0.29, 0.717) is 33.8 Å². The molecule has 1 aliphatic carbocycles. The van der Waals surface area contributed by atoms with Crippen LogP contribution in [-0.4, -0.2) is 49.2 Å². The van der Waals surface area contributed by atoms with Gasteiger partial charge in [0.2, 0.25) is 5.91 Å². The summed E-state index contributed by atoms with van der Waals surface area (Å²) >= 11 is 1.32. The number of aliphatic imine (C=N–C) groups is 2. The number of nitrogens with zero attached hydrogens (tertiary/aromatic N) is 5. The van der Waals surface area contributed by atoms with Crippen molar-refractivity contribution < 1.29 is 9.59 Å². The molecule has 2 aliphatic heterocycles. The molecule has 3 aromatic rings. The third-order valence-electron chi connectivity index (χ3n) is 6.87. The maximum Gasteiger partial charge on any atom is 0.259 e. The Labute approximate surface area is 217 Å². The number of rotatable bonds is 5. The number of aromatic nitrogens is 2. The van der Waals surface area contributed by atoms with Crippen LogP contribution < -0.4 is 10.9 Å². The standard InChI is InChI=1S/C27H26N6O3S/c34-23(29-17-8-2-1-3-9-17)15-21-26(36)33-25(30-21)19-10-4-5-11-20(19)31-27(33)37-16-18-14-24(35)32-13-7-6-12-22(32)28-18/h4-7,10-14,17,21H,1-3,8-9,15-16H2,(H,29,34)/t21-/m1/s1. The van der Waals surface area contributed by atoms with E-state index in [1.54, 1.807) is 18.3 Å². The van der Waals surface area contributed by atoms with Crippen molar-refractivity contribution >= 4 is 45.9 Å². The summed E-state index contributed by atoms with van der Waals surface area (Å²) in [5, 5.41) is 3.56. The van der Waals surface area contributed by atoms with Crippen molar-refractivity contribution in [2.24, 2.45) is 9.98 Å². The molecule has 1 fully saturated rings. The first-order chi connectivity index (χ1) is 18.1. The van der Waals surface area contributed by atoms with E-state index in [4.69, 9.17) is 9.98 Å². The minimum Gasteiger partial charge on any atom is -0.353 e. The van der Waals surface area contributed by atoms with Crippen molar-refractivity contribution in [3.63, 3.8) is 0 Å². The van der Waals surface area contributed by atoms with Gasteiger partial charge in [-0.25, -0.2) is 14.9 Å². The van der Waals surface area contributed by atoms with Gasteiger partial charge in [0.05, 0.1) is 17.8 Å². The molecule has 37 heavy (non-hydrogen) atoms. The number of carbonyl (C=O) groups excluding carboxylic acids is 2. The highest BCUT2D eigenvalue weighted by Gasteiger charge is 2.42. The third-order valence-corrected chi connectivity index (χ3v) is 7.84. The summed E-state index contributed by atoms with van der Waals surface area (Å²) in [6.45, 7) is 0. The highest BCUT2D eigenvalue weighted by Crippen LogP contribution is 2.34. The maximum absolute atomic E-state index is 13.5. The lowest BCUT2D eigenvalue weighted by molar-refractivity contribution is -0.129. The molecule has 188 valence electrons. The van der Waals surface area contributed by atoms with E-state index in [0.717, 1.165) is 31.2 Å². The first-order valence-corrected chi connectivity index (χ1v) is 13.5. The number of carbonyl (C=O) groups is 2. The fourth-order valence-electron chi connectivity index (χ4n) is 5.06. The van der Waals surface area contributed by atoms with Crippen LogP contribution in [0.3, 0.4) is 0 Å². The van der Waals surface area contributed by atoms with Crippen LogP contribution in [0.25, 0.3) is 5.65 Å². The van der Waals surface area contributed by atoms with Gasteiger partial charge in [-0.05, 0) is 37.1 Å². The normalized spacial score (nSPS) is 19.3. The molecule has 9 nitrogen and oxygen atoms in total. The maximum atomic E-state index is 13.5. The highest BCUT2D eigenvalue weighted by molar-refractivity contribution is 8.13. The number of amides is 2. The Morgan fingerprint density at radius 3 is 2.73 bits per heavy atom. The zero-order chi connectivity index (χ0) is 25.4. The van der Waals surface area contributed by atoms with Gasteiger partial charge in [0.1, 0.15) is 17.5 Å². The van der Waals surface area contributed by atoms with Crippen LogP contribution in [0.1, 0.15) is 49.8 Å². The van der Waals surface area contributed by atoms with Gasteiger partial charge < -0.3 is 5.32 Å². The van der Waals surface area contributed by atoms with Gasteiger partial charge in [0, 0.05) is 29.6 Å².